The quantitative estimate of drug-likeness (QED) is 0.480. The molecular formula is C9H6BrN3O4. The zero-order valence-electron chi connectivity index (χ0n) is 8.56. The minimum atomic E-state index is -0.884. The number of aromatic nitrogens is 2. The lowest BCUT2D eigenvalue weighted by molar-refractivity contribution is -0.383. The number of nitro benzene ring substituents is 1. The Hall–Kier alpha value is -1.96. The van der Waals surface area contributed by atoms with E-state index in [0.29, 0.717) is 4.47 Å². The van der Waals surface area contributed by atoms with Crippen molar-refractivity contribution in [3.63, 3.8) is 0 Å². The van der Waals surface area contributed by atoms with E-state index in [-0.39, 0.29) is 16.7 Å². The molecular weight excluding hydrogens is 294 g/mol. The molecule has 1 aromatic carbocycles. The summed E-state index contributed by atoms with van der Waals surface area (Å²) in [6.07, 6.45) is 0. The molecule has 0 aliphatic rings. The standard InChI is InChI=1S/C9H6BrN3O4/c1-12-5-2-4(10)3-6(13(16)17)7(5)11-8(14)9(12)15/h2-3H,1H3,(H,11,14). The van der Waals surface area contributed by atoms with Crippen LogP contribution in [0.25, 0.3) is 11.0 Å². The summed E-state index contributed by atoms with van der Waals surface area (Å²) in [7, 11) is 1.38. The van der Waals surface area contributed by atoms with Crippen molar-refractivity contribution >= 4 is 32.7 Å². The van der Waals surface area contributed by atoms with E-state index in [1.807, 2.05) is 0 Å². The molecule has 88 valence electrons. The highest BCUT2D eigenvalue weighted by atomic mass is 79.9. The van der Waals surface area contributed by atoms with Gasteiger partial charge in [0.25, 0.3) is 5.69 Å². The SMILES string of the molecule is Cn1c(=O)c(=O)[nH]c2c([N+](=O)[O-])cc(Br)cc21. The summed E-state index contributed by atoms with van der Waals surface area (Å²) in [5, 5.41) is 10.8. The third-order valence-electron chi connectivity index (χ3n) is 2.36. The first-order valence-electron chi connectivity index (χ1n) is 4.49. The van der Waals surface area contributed by atoms with E-state index in [1.165, 1.54) is 19.2 Å². The maximum absolute atomic E-state index is 11.4. The summed E-state index contributed by atoms with van der Waals surface area (Å²) in [5.74, 6) is 0. The minimum absolute atomic E-state index is 0.0327. The van der Waals surface area contributed by atoms with E-state index in [4.69, 9.17) is 0 Å². The van der Waals surface area contributed by atoms with E-state index in [9.17, 15) is 19.7 Å². The molecule has 0 unspecified atom stereocenters. The lowest BCUT2D eigenvalue weighted by Gasteiger charge is -2.04. The van der Waals surface area contributed by atoms with Gasteiger partial charge >= 0.3 is 11.1 Å². The third-order valence-corrected chi connectivity index (χ3v) is 2.81. The Morgan fingerprint density at radius 3 is 2.65 bits per heavy atom. The van der Waals surface area contributed by atoms with Gasteiger partial charge in [-0.1, -0.05) is 15.9 Å². The molecule has 0 aliphatic carbocycles. The van der Waals surface area contributed by atoms with Crippen molar-refractivity contribution < 1.29 is 4.92 Å². The number of benzene rings is 1. The van der Waals surface area contributed by atoms with Crippen LogP contribution >= 0.6 is 15.9 Å². The fourth-order valence-electron chi connectivity index (χ4n) is 1.54. The topological polar surface area (TPSA) is 98.0 Å². The molecule has 7 nitrogen and oxygen atoms in total. The average Bonchev–Trinajstić information content (AvgIpc) is 2.26. The van der Waals surface area contributed by atoms with Gasteiger partial charge < -0.3 is 9.55 Å². The number of nitrogens with one attached hydrogen (secondary N) is 1. The summed E-state index contributed by atoms with van der Waals surface area (Å²) in [5.41, 5.74) is -1.58. The smallest absolute Gasteiger partial charge is 0.310 e. The molecule has 8 heteroatoms. The Bertz CT molecular complexity index is 746. The molecule has 2 rings (SSSR count). The summed E-state index contributed by atoms with van der Waals surface area (Å²) in [4.78, 5) is 35.2. The van der Waals surface area contributed by atoms with Gasteiger partial charge in [-0.15, -0.1) is 0 Å². The van der Waals surface area contributed by atoms with Crippen LogP contribution in [0.3, 0.4) is 0 Å². The van der Waals surface area contributed by atoms with Gasteiger partial charge in [0.05, 0.1) is 10.4 Å². The average molecular weight is 300 g/mol. The minimum Gasteiger partial charge on any atom is -0.310 e. The largest absolute Gasteiger partial charge is 0.316 e. The second-order valence-corrected chi connectivity index (χ2v) is 4.31. The molecule has 0 saturated heterocycles. The Labute approximate surface area is 102 Å². The van der Waals surface area contributed by atoms with E-state index in [1.54, 1.807) is 0 Å². The van der Waals surface area contributed by atoms with Crippen LogP contribution in [-0.2, 0) is 7.05 Å². The number of hydrogen-bond acceptors (Lipinski definition) is 4. The van der Waals surface area contributed by atoms with Crippen LogP contribution in [0.5, 0.6) is 0 Å². The van der Waals surface area contributed by atoms with Gasteiger partial charge in [-0.2, -0.15) is 0 Å². The number of non-ortho nitro benzene ring substituents is 1. The first-order valence-corrected chi connectivity index (χ1v) is 5.28. The fraction of sp³-hybridized carbons (Fsp3) is 0.111. The van der Waals surface area contributed by atoms with Gasteiger partial charge in [-0.3, -0.25) is 19.7 Å². The molecule has 0 amide bonds. The van der Waals surface area contributed by atoms with Crippen LogP contribution in [0, 0.1) is 10.1 Å². The van der Waals surface area contributed by atoms with Gasteiger partial charge in [0.2, 0.25) is 0 Å². The number of fused-ring (bicyclic) bond motifs is 1. The molecule has 0 radical (unpaired) electrons. The van der Waals surface area contributed by atoms with Crippen LogP contribution in [0.15, 0.2) is 26.2 Å². The number of halogens is 1. The highest BCUT2D eigenvalue weighted by Crippen LogP contribution is 2.26. The molecule has 0 fully saturated rings. The molecule has 2 aromatic rings. The normalized spacial score (nSPS) is 10.7. The number of nitro groups is 1. The molecule has 17 heavy (non-hydrogen) atoms. The van der Waals surface area contributed by atoms with Gasteiger partial charge in [-0.25, -0.2) is 0 Å². The Morgan fingerprint density at radius 1 is 1.41 bits per heavy atom. The van der Waals surface area contributed by atoms with Crippen LogP contribution in [0.2, 0.25) is 0 Å². The van der Waals surface area contributed by atoms with E-state index in [0.717, 1.165) is 4.57 Å². The molecule has 1 N–H and O–H groups in total. The summed E-state index contributed by atoms with van der Waals surface area (Å²) < 4.78 is 1.53. The van der Waals surface area contributed by atoms with Crippen LogP contribution < -0.4 is 11.1 Å². The van der Waals surface area contributed by atoms with Gasteiger partial charge in [0.15, 0.2) is 0 Å². The maximum atomic E-state index is 11.4. The van der Waals surface area contributed by atoms with E-state index in [2.05, 4.69) is 20.9 Å². The van der Waals surface area contributed by atoms with Crippen molar-refractivity contribution in [1.29, 1.82) is 0 Å². The van der Waals surface area contributed by atoms with Gasteiger partial charge in [0, 0.05) is 17.6 Å². The second-order valence-electron chi connectivity index (χ2n) is 3.39. The highest BCUT2D eigenvalue weighted by Gasteiger charge is 2.17. The molecule has 0 spiro atoms. The Morgan fingerprint density at radius 2 is 2.06 bits per heavy atom. The fourth-order valence-corrected chi connectivity index (χ4v) is 1.98. The lowest BCUT2D eigenvalue weighted by atomic mass is 10.2. The van der Waals surface area contributed by atoms with Crippen LogP contribution in [0.1, 0.15) is 0 Å². The number of hydrogen-bond donors (Lipinski definition) is 1. The number of aromatic amines is 1. The first kappa shape index (κ1) is 11.5. The highest BCUT2D eigenvalue weighted by molar-refractivity contribution is 9.10. The monoisotopic (exact) mass is 299 g/mol. The van der Waals surface area contributed by atoms with Crippen LogP contribution in [-0.4, -0.2) is 14.5 Å². The lowest BCUT2D eigenvalue weighted by Crippen LogP contribution is -2.34. The Balaban J connectivity index is 3.11. The van der Waals surface area contributed by atoms with Crippen molar-refractivity contribution in [2.45, 2.75) is 0 Å². The summed E-state index contributed by atoms with van der Waals surface area (Å²) in [6, 6.07) is 2.79. The van der Waals surface area contributed by atoms with E-state index < -0.39 is 16.0 Å². The number of H-pyrrole nitrogens is 1. The molecule has 1 aromatic heterocycles. The second kappa shape index (κ2) is 3.81. The molecule has 0 aliphatic heterocycles. The van der Waals surface area contributed by atoms with Gasteiger partial charge in [-0.05, 0) is 6.07 Å². The van der Waals surface area contributed by atoms with Crippen molar-refractivity contribution in [2.75, 3.05) is 0 Å². The van der Waals surface area contributed by atoms with Crippen molar-refractivity contribution in [3.8, 4) is 0 Å². The third kappa shape index (κ3) is 1.76. The predicted octanol–water partition coefficient (Wildman–Crippen LogP) is 0.898. The van der Waals surface area contributed by atoms with Crippen LogP contribution in [0.4, 0.5) is 5.69 Å². The molecule has 0 saturated carbocycles. The maximum Gasteiger partial charge on any atom is 0.316 e. The van der Waals surface area contributed by atoms with Crippen molar-refractivity contribution in [1.82, 2.24) is 9.55 Å². The molecule has 0 bridgehead atoms. The first-order chi connectivity index (χ1) is 7.91. The zero-order chi connectivity index (χ0) is 12.7. The summed E-state index contributed by atoms with van der Waals surface area (Å²) >= 11 is 3.12. The molecule has 0 atom stereocenters. The van der Waals surface area contributed by atoms with Crippen molar-refractivity contribution in [3.05, 3.63) is 47.4 Å². The zero-order valence-corrected chi connectivity index (χ0v) is 10.1. The predicted molar refractivity (Wildman–Crippen MR) is 64.2 cm³/mol. The summed E-state index contributed by atoms with van der Waals surface area (Å²) in [6.45, 7) is 0. The number of nitrogens with zero attached hydrogens (tertiary/aromatic N) is 2. The Kier molecular flexibility index (Phi) is 2.58. The number of aryl methyl sites for hydroxylation is 1. The van der Waals surface area contributed by atoms with E-state index >= 15 is 0 Å². The number of rotatable bonds is 1. The van der Waals surface area contributed by atoms with Gasteiger partial charge in [0.1, 0.15) is 5.52 Å². The van der Waals surface area contributed by atoms with Crippen molar-refractivity contribution in [2.24, 2.45) is 7.05 Å². The molecule has 1 heterocycles.